The number of piperidine rings is 1. The van der Waals surface area contributed by atoms with Gasteiger partial charge in [0.15, 0.2) is 5.88 Å². The van der Waals surface area contributed by atoms with Gasteiger partial charge in [-0.15, -0.1) is 0 Å². The van der Waals surface area contributed by atoms with Crippen molar-refractivity contribution in [1.29, 1.82) is 0 Å². The van der Waals surface area contributed by atoms with Crippen LogP contribution >= 0.6 is 0 Å². The van der Waals surface area contributed by atoms with Gasteiger partial charge in [-0.25, -0.2) is 0 Å². The van der Waals surface area contributed by atoms with E-state index >= 15 is 0 Å². The molecule has 3 heterocycles. The van der Waals surface area contributed by atoms with Crippen LogP contribution in [-0.4, -0.2) is 34.8 Å². The fourth-order valence-corrected chi connectivity index (χ4v) is 3.29. The van der Waals surface area contributed by atoms with Crippen molar-refractivity contribution in [3.63, 3.8) is 0 Å². The molecule has 1 saturated heterocycles. The van der Waals surface area contributed by atoms with Crippen molar-refractivity contribution in [1.82, 2.24) is 4.98 Å². The average Bonchev–Trinajstić information content (AvgIpc) is 3.07. The lowest BCUT2D eigenvalue weighted by atomic mass is 9.80. The summed E-state index contributed by atoms with van der Waals surface area (Å²) in [6.07, 6.45) is 5.46. The van der Waals surface area contributed by atoms with Gasteiger partial charge in [-0.05, 0) is 25.5 Å². The van der Waals surface area contributed by atoms with Gasteiger partial charge >= 0.3 is 0 Å². The molecule has 0 amide bonds. The normalized spacial score (nSPS) is 26.7. The zero-order chi connectivity index (χ0) is 18.0. The lowest BCUT2D eigenvalue weighted by Gasteiger charge is -2.46. The van der Waals surface area contributed by atoms with Crippen LogP contribution in [0.25, 0.3) is 0 Å². The predicted molar refractivity (Wildman–Crippen MR) is 100 cm³/mol. The minimum Gasteiger partial charge on any atom is -0.449 e. The quantitative estimate of drug-likeness (QED) is 0.773. The molecule has 0 aliphatic carbocycles. The third-order valence-corrected chi connectivity index (χ3v) is 5.22. The van der Waals surface area contributed by atoms with Gasteiger partial charge in [0.25, 0.3) is 0 Å². The minimum atomic E-state index is -0.857. The second kappa shape index (κ2) is 7.06. The molecule has 0 saturated carbocycles. The third-order valence-electron chi connectivity index (χ3n) is 5.22. The molecule has 136 valence electrons. The summed E-state index contributed by atoms with van der Waals surface area (Å²) in [4.78, 5) is 6.80. The highest BCUT2D eigenvalue weighted by atomic mass is 16.3. The summed E-state index contributed by atoms with van der Waals surface area (Å²) in [6.45, 7) is 7.35. The van der Waals surface area contributed by atoms with Gasteiger partial charge in [-0.2, -0.15) is 0 Å². The Hall–Kier alpha value is -2.05. The van der Waals surface area contributed by atoms with Crippen molar-refractivity contribution in [2.75, 3.05) is 23.3 Å². The first-order chi connectivity index (χ1) is 11.9. The lowest BCUT2D eigenvalue weighted by Crippen LogP contribution is -2.62. The van der Waals surface area contributed by atoms with E-state index in [0.29, 0.717) is 12.4 Å². The molecule has 0 spiro atoms. The Balaban J connectivity index is 1.93. The molecule has 2 aromatic rings. The Kier molecular flexibility index (Phi) is 5.01. The van der Waals surface area contributed by atoms with E-state index in [0.717, 1.165) is 36.5 Å². The van der Waals surface area contributed by atoms with E-state index in [9.17, 15) is 5.11 Å². The van der Waals surface area contributed by atoms with Crippen LogP contribution in [0, 0.1) is 5.92 Å². The first-order valence-electron chi connectivity index (χ1n) is 8.94. The maximum atomic E-state index is 10.6. The molecule has 1 fully saturated rings. The van der Waals surface area contributed by atoms with Crippen LogP contribution in [0.3, 0.4) is 0 Å². The fraction of sp³-hybridized carbons (Fsp3) is 0.526. The molecular weight excluding hydrogens is 316 g/mol. The monoisotopic (exact) mass is 344 g/mol. The van der Waals surface area contributed by atoms with Crippen molar-refractivity contribution in [2.45, 2.75) is 45.3 Å². The summed E-state index contributed by atoms with van der Waals surface area (Å²) in [5.41, 5.74) is 8.40. The van der Waals surface area contributed by atoms with Crippen molar-refractivity contribution < 1.29 is 9.52 Å². The Morgan fingerprint density at radius 3 is 2.92 bits per heavy atom. The molecular formula is C19H28N4O2. The molecule has 2 aromatic heterocycles. The number of hydrogen-bond acceptors (Lipinski definition) is 6. The van der Waals surface area contributed by atoms with Crippen LogP contribution < -0.4 is 16.0 Å². The number of aryl methyl sites for hydroxylation is 1. The van der Waals surface area contributed by atoms with E-state index < -0.39 is 5.60 Å². The summed E-state index contributed by atoms with van der Waals surface area (Å²) in [6, 6.07) is 5.53. The highest BCUT2D eigenvalue weighted by Crippen LogP contribution is 2.35. The van der Waals surface area contributed by atoms with E-state index in [2.05, 4.69) is 28.2 Å². The summed E-state index contributed by atoms with van der Waals surface area (Å²) in [5, 5.41) is 13.9. The second-order valence-electron chi connectivity index (χ2n) is 7.18. The Labute approximate surface area is 149 Å². The number of rotatable bonds is 5. The molecule has 0 bridgehead atoms. The zero-order valence-electron chi connectivity index (χ0n) is 15.2. The van der Waals surface area contributed by atoms with Crippen LogP contribution in [0.15, 0.2) is 35.1 Å². The molecule has 3 atom stereocenters. The van der Waals surface area contributed by atoms with Crippen molar-refractivity contribution >= 4 is 17.3 Å². The minimum absolute atomic E-state index is 0.0653. The van der Waals surface area contributed by atoms with Gasteiger partial charge in [-0.1, -0.05) is 20.3 Å². The molecule has 1 aliphatic rings. The van der Waals surface area contributed by atoms with E-state index in [4.69, 9.17) is 10.2 Å². The number of anilines is 3. The maximum absolute atomic E-state index is 10.6. The summed E-state index contributed by atoms with van der Waals surface area (Å²) in [7, 11) is 0. The van der Waals surface area contributed by atoms with Crippen molar-refractivity contribution in [3.8, 4) is 0 Å². The van der Waals surface area contributed by atoms with E-state index in [-0.39, 0.29) is 12.0 Å². The number of nitrogens with zero attached hydrogens (tertiary/aromatic N) is 2. The van der Waals surface area contributed by atoms with Crippen LogP contribution in [0.1, 0.15) is 32.9 Å². The topological polar surface area (TPSA) is 87.5 Å². The Morgan fingerprint density at radius 2 is 2.28 bits per heavy atom. The highest BCUT2D eigenvalue weighted by Gasteiger charge is 2.41. The summed E-state index contributed by atoms with van der Waals surface area (Å²) < 4.78 is 5.41. The van der Waals surface area contributed by atoms with Gasteiger partial charge in [0.1, 0.15) is 0 Å². The summed E-state index contributed by atoms with van der Waals surface area (Å²) in [5.74, 6) is 0.739. The number of hydrogen-bond donors (Lipinski definition) is 3. The number of pyridine rings is 1. The standard InChI is InChI=1S/C19H28N4O2/c1-4-6-14-9-16(15(10-21-14)22-18-7-5-8-25-18)23-11-13(2)19(3,24)17(20)12-23/h5,7-10,13,17,22,24H,4,6,11-12,20H2,1-3H3. The fourth-order valence-electron chi connectivity index (χ4n) is 3.29. The maximum Gasteiger partial charge on any atom is 0.197 e. The number of nitrogens with one attached hydrogen (secondary N) is 1. The smallest absolute Gasteiger partial charge is 0.197 e. The first kappa shape index (κ1) is 17.8. The van der Waals surface area contributed by atoms with Crippen LogP contribution in [0.4, 0.5) is 17.3 Å². The molecule has 6 nitrogen and oxygen atoms in total. The molecule has 3 unspecified atom stereocenters. The number of aliphatic hydroxyl groups is 1. The Morgan fingerprint density at radius 1 is 1.48 bits per heavy atom. The second-order valence-corrected chi connectivity index (χ2v) is 7.18. The molecule has 0 aromatic carbocycles. The Bertz CT molecular complexity index is 685. The van der Waals surface area contributed by atoms with Crippen LogP contribution in [-0.2, 0) is 6.42 Å². The van der Waals surface area contributed by atoms with Gasteiger partial charge < -0.3 is 25.5 Å². The largest absolute Gasteiger partial charge is 0.449 e. The lowest BCUT2D eigenvalue weighted by molar-refractivity contribution is -0.0257. The molecule has 25 heavy (non-hydrogen) atoms. The van der Waals surface area contributed by atoms with Crippen molar-refractivity contribution in [2.24, 2.45) is 11.7 Å². The first-order valence-corrected chi connectivity index (χ1v) is 8.94. The van der Waals surface area contributed by atoms with Gasteiger partial charge in [0.05, 0.1) is 35.5 Å². The van der Waals surface area contributed by atoms with Gasteiger partial charge in [0, 0.05) is 30.8 Å². The predicted octanol–water partition coefficient (Wildman–Crippen LogP) is 2.91. The molecule has 1 aliphatic heterocycles. The summed E-state index contributed by atoms with van der Waals surface area (Å²) >= 11 is 0. The number of aromatic nitrogens is 1. The van der Waals surface area contributed by atoms with Gasteiger partial charge in [0.2, 0.25) is 0 Å². The molecule has 3 rings (SSSR count). The van der Waals surface area contributed by atoms with Gasteiger partial charge in [-0.3, -0.25) is 4.98 Å². The number of furan rings is 1. The highest BCUT2D eigenvalue weighted by molar-refractivity contribution is 5.73. The van der Waals surface area contributed by atoms with E-state index in [1.54, 1.807) is 6.26 Å². The SMILES string of the molecule is CCCc1cc(N2CC(C)C(C)(O)C(N)C2)c(Nc2ccco2)cn1. The van der Waals surface area contributed by atoms with E-state index in [1.807, 2.05) is 32.2 Å². The van der Waals surface area contributed by atoms with Crippen LogP contribution in [0.5, 0.6) is 0 Å². The number of nitrogens with two attached hydrogens (primary N) is 1. The van der Waals surface area contributed by atoms with Crippen LogP contribution in [0.2, 0.25) is 0 Å². The molecule has 6 heteroatoms. The van der Waals surface area contributed by atoms with Crippen molar-refractivity contribution in [3.05, 3.63) is 36.4 Å². The third kappa shape index (κ3) is 3.65. The van der Waals surface area contributed by atoms with E-state index in [1.165, 1.54) is 0 Å². The average molecular weight is 344 g/mol. The molecule has 0 radical (unpaired) electrons. The molecule has 4 N–H and O–H groups in total. The zero-order valence-corrected chi connectivity index (χ0v) is 15.2.